The van der Waals surface area contributed by atoms with Gasteiger partial charge in [0.15, 0.2) is 0 Å². The zero-order valence-electron chi connectivity index (χ0n) is 14.5. The monoisotopic (exact) mass is 340 g/mol. The first-order chi connectivity index (χ1) is 12.3. The summed E-state index contributed by atoms with van der Waals surface area (Å²) in [6, 6.07) is 18.3. The lowest BCUT2D eigenvalue weighted by Gasteiger charge is -2.22. The highest BCUT2D eigenvalue weighted by Gasteiger charge is 2.56. The van der Waals surface area contributed by atoms with Crippen LogP contribution in [0.15, 0.2) is 54.6 Å². The molecular formula is C21H24O4. The Hall–Kier alpha value is -1.88. The van der Waals surface area contributed by atoms with E-state index in [2.05, 4.69) is 12.1 Å². The Morgan fingerprint density at radius 1 is 0.960 bits per heavy atom. The topological polar surface area (TPSA) is 40.2 Å². The van der Waals surface area contributed by atoms with Crippen molar-refractivity contribution in [1.29, 1.82) is 0 Å². The average Bonchev–Trinajstić information content (AvgIpc) is 3.35. The van der Waals surface area contributed by atoms with E-state index in [4.69, 9.17) is 18.9 Å². The minimum atomic E-state index is 0.222. The minimum absolute atomic E-state index is 0.222. The molecule has 1 saturated heterocycles. The van der Waals surface area contributed by atoms with Gasteiger partial charge < -0.3 is 18.9 Å². The van der Waals surface area contributed by atoms with E-state index in [0.717, 1.165) is 17.7 Å². The molecule has 0 radical (unpaired) electrons. The fourth-order valence-corrected chi connectivity index (χ4v) is 3.54. The van der Waals surface area contributed by atoms with Crippen LogP contribution in [0.2, 0.25) is 0 Å². The van der Waals surface area contributed by atoms with Crippen molar-refractivity contribution in [3.63, 3.8) is 0 Å². The number of ether oxygens (including phenoxy) is 4. The summed E-state index contributed by atoms with van der Waals surface area (Å²) in [6.45, 7) is 1.93. The maximum atomic E-state index is 6.16. The van der Waals surface area contributed by atoms with E-state index >= 15 is 0 Å². The summed E-state index contributed by atoms with van der Waals surface area (Å²) in [7, 11) is 1.67. The van der Waals surface area contributed by atoms with Gasteiger partial charge in [0.25, 0.3) is 0 Å². The minimum Gasteiger partial charge on any atom is -0.497 e. The maximum Gasteiger partial charge on any atom is 0.118 e. The van der Waals surface area contributed by atoms with Gasteiger partial charge in [-0.15, -0.1) is 0 Å². The standard InChI is InChI=1S/C21H24O4/c1-22-17-9-7-16(8-10-17)12-23-14-18-19(11-20-21(18)25-20)24-13-15-5-3-2-4-6-15/h2-10,18-21H,11-14H2,1H3/t18-,19+,20-,21+/m1/s1. The molecule has 1 saturated carbocycles. The molecule has 4 rings (SSSR count). The van der Waals surface area contributed by atoms with Gasteiger partial charge in [-0.1, -0.05) is 42.5 Å². The molecule has 4 nitrogen and oxygen atoms in total. The molecule has 25 heavy (non-hydrogen) atoms. The Balaban J connectivity index is 1.26. The smallest absolute Gasteiger partial charge is 0.118 e. The number of fused-ring (bicyclic) bond motifs is 1. The third kappa shape index (κ3) is 4.03. The van der Waals surface area contributed by atoms with E-state index in [-0.39, 0.29) is 6.10 Å². The van der Waals surface area contributed by atoms with Crippen molar-refractivity contribution in [1.82, 2.24) is 0 Å². The molecule has 4 heteroatoms. The molecule has 1 aliphatic carbocycles. The van der Waals surface area contributed by atoms with Gasteiger partial charge in [0.05, 0.1) is 45.2 Å². The Labute approximate surface area is 148 Å². The summed E-state index contributed by atoms with van der Waals surface area (Å²) >= 11 is 0. The molecule has 0 spiro atoms. The first-order valence-corrected chi connectivity index (χ1v) is 8.85. The van der Waals surface area contributed by atoms with Gasteiger partial charge in [0, 0.05) is 12.3 Å². The van der Waals surface area contributed by atoms with Crippen molar-refractivity contribution < 1.29 is 18.9 Å². The average molecular weight is 340 g/mol. The van der Waals surface area contributed by atoms with E-state index in [1.807, 2.05) is 42.5 Å². The summed E-state index contributed by atoms with van der Waals surface area (Å²) in [5.41, 5.74) is 2.36. The highest BCUT2D eigenvalue weighted by molar-refractivity contribution is 5.26. The molecule has 1 heterocycles. The molecule has 0 aromatic heterocycles. The summed E-state index contributed by atoms with van der Waals surface area (Å²) in [5.74, 6) is 1.19. The Morgan fingerprint density at radius 3 is 2.48 bits per heavy atom. The summed E-state index contributed by atoms with van der Waals surface area (Å²) in [4.78, 5) is 0. The Kier molecular flexibility index (Phi) is 5.02. The maximum absolute atomic E-state index is 6.16. The van der Waals surface area contributed by atoms with Gasteiger partial charge in [-0.05, 0) is 23.3 Å². The van der Waals surface area contributed by atoms with Crippen molar-refractivity contribution >= 4 is 0 Å². The largest absolute Gasteiger partial charge is 0.497 e. The molecule has 2 aromatic carbocycles. The van der Waals surface area contributed by atoms with Crippen molar-refractivity contribution in [3.05, 3.63) is 65.7 Å². The van der Waals surface area contributed by atoms with Crippen LogP contribution in [-0.2, 0) is 27.4 Å². The van der Waals surface area contributed by atoms with Crippen LogP contribution in [0.1, 0.15) is 17.5 Å². The number of rotatable bonds is 8. The highest BCUT2D eigenvalue weighted by Crippen LogP contribution is 2.45. The predicted octanol–water partition coefficient (Wildman–Crippen LogP) is 3.58. The molecule has 1 aliphatic heterocycles. The van der Waals surface area contributed by atoms with Crippen LogP contribution in [0, 0.1) is 5.92 Å². The molecule has 2 aliphatic rings. The van der Waals surface area contributed by atoms with Crippen molar-refractivity contribution in [2.45, 2.75) is 37.9 Å². The van der Waals surface area contributed by atoms with Crippen LogP contribution in [0.25, 0.3) is 0 Å². The Morgan fingerprint density at radius 2 is 1.72 bits per heavy atom. The lowest BCUT2D eigenvalue weighted by atomic mass is 10.1. The van der Waals surface area contributed by atoms with E-state index in [9.17, 15) is 0 Å². The van der Waals surface area contributed by atoms with Crippen molar-refractivity contribution in [3.8, 4) is 5.75 Å². The molecule has 132 valence electrons. The lowest BCUT2D eigenvalue weighted by molar-refractivity contribution is -0.0450. The second-order valence-electron chi connectivity index (χ2n) is 6.74. The van der Waals surface area contributed by atoms with Crippen LogP contribution >= 0.6 is 0 Å². The second kappa shape index (κ2) is 7.56. The first kappa shape index (κ1) is 16.6. The van der Waals surface area contributed by atoms with Crippen LogP contribution in [-0.4, -0.2) is 32.0 Å². The molecule has 0 bridgehead atoms. The molecular weight excluding hydrogens is 316 g/mol. The molecule has 0 N–H and O–H groups in total. The Bertz CT molecular complexity index is 670. The van der Waals surface area contributed by atoms with Crippen LogP contribution < -0.4 is 4.74 Å². The third-order valence-electron chi connectivity index (χ3n) is 5.03. The van der Waals surface area contributed by atoms with Crippen molar-refractivity contribution in [2.75, 3.05) is 13.7 Å². The van der Waals surface area contributed by atoms with Gasteiger partial charge in [-0.2, -0.15) is 0 Å². The summed E-state index contributed by atoms with van der Waals surface area (Å²) in [5, 5.41) is 0. The van der Waals surface area contributed by atoms with E-state index in [1.54, 1.807) is 7.11 Å². The van der Waals surface area contributed by atoms with Gasteiger partial charge in [0.1, 0.15) is 5.75 Å². The van der Waals surface area contributed by atoms with Gasteiger partial charge in [-0.25, -0.2) is 0 Å². The van der Waals surface area contributed by atoms with Crippen LogP contribution in [0.3, 0.4) is 0 Å². The lowest BCUT2D eigenvalue weighted by Crippen LogP contribution is -2.28. The number of epoxide rings is 1. The molecule has 2 fully saturated rings. The summed E-state index contributed by atoms with van der Waals surface area (Å²) < 4.78 is 23.0. The highest BCUT2D eigenvalue weighted by atomic mass is 16.6. The molecule has 0 unspecified atom stereocenters. The fourth-order valence-electron chi connectivity index (χ4n) is 3.54. The number of benzene rings is 2. The summed E-state index contributed by atoms with van der Waals surface area (Å²) in [6.07, 6.45) is 1.89. The third-order valence-corrected chi connectivity index (χ3v) is 5.03. The molecule has 0 amide bonds. The van der Waals surface area contributed by atoms with E-state index in [0.29, 0.717) is 37.9 Å². The number of methoxy groups -OCH3 is 1. The number of hydrogen-bond donors (Lipinski definition) is 0. The van der Waals surface area contributed by atoms with Gasteiger partial charge >= 0.3 is 0 Å². The van der Waals surface area contributed by atoms with Gasteiger partial charge in [-0.3, -0.25) is 0 Å². The number of hydrogen-bond acceptors (Lipinski definition) is 4. The first-order valence-electron chi connectivity index (χ1n) is 8.85. The van der Waals surface area contributed by atoms with E-state index in [1.165, 1.54) is 5.56 Å². The quantitative estimate of drug-likeness (QED) is 0.689. The molecule has 4 atom stereocenters. The normalized spacial score (nSPS) is 27.1. The van der Waals surface area contributed by atoms with E-state index < -0.39 is 0 Å². The van der Waals surface area contributed by atoms with Crippen LogP contribution in [0.5, 0.6) is 5.75 Å². The van der Waals surface area contributed by atoms with Gasteiger partial charge in [0.2, 0.25) is 0 Å². The zero-order chi connectivity index (χ0) is 17.1. The van der Waals surface area contributed by atoms with Crippen molar-refractivity contribution in [2.24, 2.45) is 5.92 Å². The SMILES string of the molecule is COc1ccc(COC[C@H]2[C@@H]3O[C@@H]3C[C@@H]2OCc2ccccc2)cc1. The molecule has 2 aromatic rings. The second-order valence-corrected chi connectivity index (χ2v) is 6.74. The fraction of sp³-hybridized carbons (Fsp3) is 0.429. The van der Waals surface area contributed by atoms with Crippen LogP contribution in [0.4, 0.5) is 0 Å². The zero-order valence-corrected chi connectivity index (χ0v) is 14.5. The predicted molar refractivity (Wildman–Crippen MR) is 94.4 cm³/mol.